The number of benzene rings is 1. The smallest absolute Gasteiger partial charge is 0.429 e. The Kier molecular flexibility index (Phi) is 4.12. The van der Waals surface area contributed by atoms with Gasteiger partial charge in [-0.2, -0.15) is 0 Å². The molecule has 0 fully saturated rings. The molecule has 4 heteroatoms. The highest BCUT2D eigenvalue weighted by Crippen LogP contribution is 2.01. The Balaban J connectivity index is 2.31. The topological polar surface area (TPSA) is 35.5 Å². The molecule has 1 rings (SSSR count). The average Bonchev–Trinajstić information content (AvgIpc) is 2.17. The Morgan fingerprint density at radius 2 is 1.92 bits per heavy atom. The van der Waals surface area contributed by atoms with Gasteiger partial charge in [0.15, 0.2) is 6.07 Å². The van der Waals surface area contributed by atoms with E-state index in [-0.39, 0.29) is 12.7 Å². The SMILES string of the molecule is O=C(OCCl)OCc1ccccc1. The van der Waals surface area contributed by atoms with Crippen LogP contribution < -0.4 is 0 Å². The van der Waals surface area contributed by atoms with E-state index in [0.717, 1.165) is 5.56 Å². The standard InChI is InChI=1S/C9H9ClO3/c10-7-13-9(11)12-6-8-4-2-1-3-5-8/h1-5H,6-7H2. The van der Waals surface area contributed by atoms with Crippen LogP contribution in [0, 0.1) is 0 Å². The van der Waals surface area contributed by atoms with Gasteiger partial charge in [-0.1, -0.05) is 41.9 Å². The second-order valence-electron chi connectivity index (χ2n) is 2.28. The van der Waals surface area contributed by atoms with E-state index in [2.05, 4.69) is 4.74 Å². The van der Waals surface area contributed by atoms with Crippen molar-refractivity contribution in [2.45, 2.75) is 6.61 Å². The molecular formula is C9H9ClO3. The normalized spacial score (nSPS) is 9.31. The molecule has 70 valence electrons. The molecule has 0 amide bonds. The van der Waals surface area contributed by atoms with Crippen LogP contribution in [0.15, 0.2) is 30.3 Å². The summed E-state index contributed by atoms with van der Waals surface area (Å²) in [6.07, 6.45) is -0.751. The van der Waals surface area contributed by atoms with Crippen LogP contribution in [0.2, 0.25) is 0 Å². The van der Waals surface area contributed by atoms with Gasteiger partial charge in [-0.3, -0.25) is 0 Å². The summed E-state index contributed by atoms with van der Waals surface area (Å²) in [5.41, 5.74) is 0.911. The minimum absolute atomic E-state index is 0.187. The summed E-state index contributed by atoms with van der Waals surface area (Å²) in [6, 6.07) is 9.15. The highest BCUT2D eigenvalue weighted by Gasteiger charge is 2.01. The van der Waals surface area contributed by atoms with Crippen LogP contribution >= 0.6 is 11.6 Å². The summed E-state index contributed by atoms with van der Waals surface area (Å²) in [6.45, 7) is 0.205. The van der Waals surface area contributed by atoms with Crippen molar-refractivity contribution in [1.82, 2.24) is 0 Å². The predicted molar refractivity (Wildman–Crippen MR) is 48.4 cm³/mol. The van der Waals surface area contributed by atoms with Gasteiger partial charge >= 0.3 is 6.16 Å². The summed E-state index contributed by atoms with van der Waals surface area (Å²) in [7, 11) is 0. The van der Waals surface area contributed by atoms with Crippen molar-refractivity contribution in [2.24, 2.45) is 0 Å². The fourth-order valence-electron chi connectivity index (χ4n) is 0.803. The predicted octanol–water partition coefficient (Wildman–Crippen LogP) is 2.54. The van der Waals surface area contributed by atoms with Gasteiger partial charge in [0.1, 0.15) is 6.61 Å². The third-order valence-corrected chi connectivity index (χ3v) is 1.48. The summed E-state index contributed by atoms with van der Waals surface area (Å²) >= 11 is 5.16. The number of halogens is 1. The van der Waals surface area contributed by atoms with Crippen molar-refractivity contribution in [3.8, 4) is 0 Å². The third kappa shape index (κ3) is 3.80. The first kappa shape index (κ1) is 9.86. The lowest BCUT2D eigenvalue weighted by Crippen LogP contribution is -2.05. The van der Waals surface area contributed by atoms with Crippen molar-refractivity contribution >= 4 is 17.8 Å². The molecule has 13 heavy (non-hydrogen) atoms. The number of rotatable bonds is 3. The molecule has 0 aliphatic rings. The maximum atomic E-state index is 10.7. The highest BCUT2D eigenvalue weighted by atomic mass is 35.5. The van der Waals surface area contributed by atoms with Crippen LogP contribution in [0.25, 0.3) is 0 Å². The largest absolute Gasteiger partial charge is 0.509 e. The Labute approximate surface area is 81.2 Å². The van der Waals surface area contributed by atoms with E-state index >= 15 is 0 Å². The zero-order chi connectivity index (χ0) is 9.52. The van der Waals surface area contributed by atoms with E-state index in [1.54, 1.807) is 0 Å². The maximum absolute atomic E-state index is 10.7. The number of carbonyl (C=O) groups excluding carboxylic acids is 1. The maximum Gasteiger partial charge on any atom is 0.509 e. The molecule has 0 radical (unpaired) electrons. The van der Waals surface area contributed by atoms with Gasteiger partial charge in [0.2, 0.25) is 0 Å². The molecule has 0 aliphatic heterocycles. The summed E-state index contributed by atoms with van der Waals surface area (Å²) in [5.74, 6) is 0. The zero-order valence-electron chi connectivity index (χ0n) is 6.90. The minimum atomic E-state index is -0.751. The Hall–Kier alpha value is -1.22. The van der Waals surface area contributed by atoms with Crippen molar-refractivity contribution in [2.75, 3.05) is 6.07 Å². The molecule has 3 nitrogen and oxygen atoms in total. The van der Waals surface area contributed by atoms with Crippen molar-refractivity contribution in [3.05, 3.63) is 35.9 Å². The third-order valence-electron chi connectivity index (χ3n) is 1.37. The first-order valence-electron chi connectivity index (χ1n) is 3.72. The quantitative estimate of drug-likeness (QED) is 0.556. The van der Waals surface area contributed by atoms with E-state index in [1.165, 1.54) is 0 Å². The van der Waals surface area contributed by atoms with E-state index < -0.39 is 6.16 Å². The molecule has 1 aromatic carbocycles. The molecule has 1 aromatic rings. The molecule has 0 heterocycles. The van der Waals surface area contributed by atoms with E-state index in [0.29, 0.717) is 0 Å². The van der Waals surface area contributed by atoms with Crippen LogP contribution in [0.5, 0.6) is 0 Å². The molecule has 0 unspecified atom stereocenters. The van der Waals surface area contributed by atoms with Crippen LogP contribution in [-0.2, 0) is 16.1 Å². The summed E-state index contributed by atoms with van der Waals surface area (Å²) in [5, 5.41) is 0. The lowest BCUT2D eigenvalue weighted by molar-refractivity contribution is 0.0620. The summed E-state index contributed by atoms with van der Waals surface area (Å²) < 4.78 is 9.09. The van der Waals surface area contributed by atoms with E-state index in [4.69, 9.17) is 16.3 Å². The Bertz CT molecular complexity index is 261. The average molecular weight is 201 g/mol. The van der Waals surface area contributed by atoms with Gasteiger partial charge in [-0.25, -0.2) is 4.79 Å². The lowest BCUT2D eigenvalue weighted by atomic mass is 10.2. The fourth-order valence-corrected chi connectivity index (χ4v) is 0.892. The first-order chi connectivity index (χ1) is 6.33. The molecule has 0 bridgehead atoms. The number of hydrogen-bond donors (Lipinski definition) is 0. The molecule has 0 saturated carbocycles. The van der Waals surface area contributed by atoms with Crippen LogP contribution in [-0.4, -0.2) is 12.2 Å². The molecular weight excluding hydrogens is 192 g/mol. The summed E-state index contributed by atoms with van der Waals surface area (Å²) in [4.78, 5) is 10.7. The number of alkyl halides is 1. The van der Waals surface area contributed by atoms with E-state index in [1.807, 2.05) is 30.3 Å². The first-order valence-corrected chi connectivity index (χ1v) is 4.26. The molecule has 0 aromatic heterocycles. The minimum Gasteiger partial charge on any atom is -0.429 e. The van der Waals surface area contributed by atoms with Crippen LogP contribution in [0.3, 0.4) is 0 Å². The van der Waals surface area contributed by atoms with Gasteiger partial charge in [-0.15, -0.1) is 0 Å². The number of ether oxygens (including phenoxy) is 2. The van der Waals surface area contributed by atoms with Gasteiger partial charge in [0.05, 0.1) is 0 Å². The Morgan fingerprint density at radius 1 is 1.23 bits per heavy atom. The van der Waals surface area contributed by atoms with Gasteiger partial charge in [0.25, 0.3) is 0 Å². The second kappa shape index (κ2) is 5.43. The number of hydrogen-bond acceptors (Lipinski definition) is 3. The lowest BCUT2D eigenvalue weighted by Gasteiger charge is -2.02. The van der Waals surface area contributed by atoms with Crippen molar-refractivity contribution in [1.29, 1.82) is 0 Å². The van der Waals surface area contributed by atoms with Crippen molar-refractivity contribution in [3.63, 3.8) is 0 Å². The van der Waals surface area contributed by atoms with Gasteiger partial charge < -0.3 is 9.47 Å². The molecule has 0 spiro atoms. The van der Waals surface area contributed by atoms with Gasteiger partial charge in [0, 0.05) is 0 Å². The van der Waals surface area contributed by atoms with Crippen LogP contribution in [0.4, 0.5) is 4.79 Å². The van der Waals surface area contributed by atoms with E-state index in [9.17, 15) is 4.79 Å². The highest BCUT2D eigenvalue weighted by molar-refractivity contribution is 6.17. The van der Waals surface area contributed by atoms with Crippen molar-refractivity contribution < 1.29 is 14.3 Å². The zero-order valence-corrected chi connectivity index (χ0v) is 7.66. The molecule has 0 N–H and O–H groups in total. The second-order valence-corrected chi connectivity index (χ2v) is 2.50. The monoisotopic (exact) mass is 200 g/mol. The van der Waals surface area contributed by atoms with Crippen LogP contribution in [0.1, 0.15) is 5.56 Å². The Morgan fingerprint density at radius 3 is 2.54 bits per heavy atom. The fraction of sp³-hybridized carbons (Fsp3) is 0.222. The number of carbonyl (C=O) groups is 1. The molecule has 0 saturated heterocycles. The molecule has 0 atom stereocenters. The van der Waals surface area contributed by atoms with Gasteiger partial charge in [-0.05, 0) is 5.56 Å². The molecule has 0 aliphatic carbocycles.